The highest BCUT2D eigenvalue weighted by atomic mass is 79.9. The van der Waals surface area contributed by atoms with Gasteiger partial charge in [0, 0.05) is 10.5 Å². The van der Waals surface area contributed by atoms with E-state index in [2.05, 4.69) is 34.2 Å². The Kier molecular flexibility index (Phi) is 4.75. The molecule has 1 N–H and O–H groups in total. The smallest absolute Gasteiger partial charge is 0.0648 e. The lowest BCUT2D eigenvalue weighted by atomic mass is 9.84. The molecule has 2 rings (SSSR count). The first-order chi connectivity index (χ1) is 8.19. The summed E-state index contributed by atoms with van der Waals surface area (Å²) in [4.78, 5) is 0. The molecule has 1 saturated carbocycles. The monoisotopic (exact) mass is 315 g/mol. The lowest BCUT2D eigenvalue weighted by Crippen LogP contribution is -2.25. The van der Waals surface area contributed by atoms with Gasteiger partial charge in [-0.25, -0.2) is 0 Å². The van der Waals surface area contributed by atoms with Gasteiger partial charge in [-0.1, -0.05) is 40.9 Å². The summed E-state index contributed by atoms with van der Waals surface area (Å²) in [6, 6.07) is 6.63. The van der Waals surface area contributed by atoms with Gasteiger partial charge < -0.3 is 5.32 Å². The van der Waals surface area contributed by atoms with Crippen molar-refractivity contribution < 1.29 is 0 Å². The molecule has 1 nitrogen and oxygen atoms in total. The summed E-state index contributed by atoms with van der Waals surface area (Å²) >= 11 is 9.64. The number of hydrogen-bond donors (Lipinski definition) is 1. The summed E-state index contributed by atoms with van der Waals surface area (Å²) in [5.41, 5.74) is 1.06. The summed E-state index contributed by atoms with van der Waals surface area (Å²) in [6.07, 6.45) is 6.56. The zero-order chi connectivity index (χ0) is 12.3. The van der Waals surface area contributed by atoms with E-state index in [0.717, 1.165) is 21.1 Å². The first-order valence-corrected chi connectivity index (χ1v) is 7.57. The molecule has 0 aromatic heterocycles. The SMILES string of the molecule is CCC1CCC(Nc2ccc(Br)cc2Cl)CC1. The Morgan fingerprint density at radius 2 is 2.00 bits per heavy atom. The average Bonchev–Trinajstić information content (AvgIpc) is 2.34. The Hall–Kier alpha value is -0.210. The van der Waals surface area contributed by atoms with Crippen LogP contribution in [0.1, 0.15) is 39.0 Å². The summed E-state index contributed by atoms with van der Waals surface area (Å²) < 4.78 is 1.03. The molecule has 0 amide bonds. The van der Waals surface area contributed by atoms with E-state index in [1.165, 1.54) is 32.1 Å². The average molecular weight is 317 g/mol. The fraction of sp³-hybridized carbons (Fsp3) is 0.571. The topological polar surface area (TPSA) is 12.0 Å². The van der Waals surface area contributed by atoms with Crippen molar-refractivity contribution in [2.75, 3.05) is 5.32 Å². The van der Waals surface area contributed by atoms with E-state index in [-0.39, 0.29) is 0 Å². The quantitative estimate of drug-likeness (QED) is 0.778. The standard InChI is InChI=1S/C14H19BrClN/c1-2-10-3-6-12(7-4-10)17-14-8-5-11(15)9-13(14)16/h5,8-10,12,17H,2-4,6-7H2,1H3. The third kappa shape index (κ3) is 3.62. The van der Waals surface area contributed by atoms with Gasteiger partial charge in [-0.15, -0.1) is 0 Å². The molecular weight excluding hydrogens is 298 g/mol. The largest absolute Gasteiger partial charge is 0.381 e. The van der Waals surface area contributed by atoms with Crippen molar-refractivity contribution in [1.82, 2.24) is 0 Å². The van der Waals surface area contributed by atoms with E-state index in [9.17, 15) is 0 Å². The molecule has 0 heterocycles. The molecule has 0 aliphatic heterocycles. The second kappa shape index (κ2) is 6.10. The first kappa shape index (κ1) is 13.2. The number of hydrogen-bond acceptors (Lipinski definition) is 1. The van der Waals surface area contributed by atoms with Crippen LogP contribution < -0.4 is 5.32 Å². The van der Waals surface area contributed by atoms with Crippen molar-refractivity contribution >= 4 is 33.2 Å². The van der Waals surface area contributed by atoms with Crippen LogP contribution in [0.25, 0.3) is 0 Å². The molecule has 1 aliphatic rings. The van der Waals surface area contributed by atoms with Crippen LogP contribution in [-0.4, -0.2) is 6.04 Å². The number of anilines is 1. The maximum atomic E-state index is 6.21. The van der Waals surface area contributed by atoms with E-state index < -0.39 is 0 Å². The maximum absolute atomic E-state index is 6.21. The van der Waals surface area contributed by atoms with Crippen molar-refractivity contribution in [2.24, 2.45) is 5.92 Å². The van der Waals surface area contributed by atoms with Crippen LogP contribution in [0.5, 0.6) is 0 Å². The van der Waals surface area contributed by atoms with Gasteiger partial charge in [0.2, 0.25) is 0 Å². The number of benzene rings is 1. The third-order valence-electron chi connectivity index (χ3n) is 3.71. The summed E-state index contributed by atoms with van der Waals surface area (Å²) in [6.45, 7) is 2.30. The van der Waals surface area contributed by atoms with Gasteiger partial charge in [0.15, 0.2) is 0 Å². The highest BCUT2D eigenvalue weighted by Gasteiger charge is 2.20. The molecule has 0 unspecified atom stereocenters. The lowest BCUT2D eigenvalue weighted by molar-refractivity contribution is 0.330. The Morgan fingerprint density at radius 1 is 1.29 bits per heavy atom. The molecule has 1 fully saturated rings. The van der Waals surface area contributed by atoms with E-state index in [4.69, 9.17) is 11.6 Å². The Morgan fingerprint density at radius 3 is 2.59 bits per heavy atom. The van der Waals surface area contributed by atoms with Crippen LogP contribution in [0.3, 0.4) is 0 Å². The summed E-state index contributed by atoms with van der Waals surface area (Å²) in [5.74, 6) is 0.938. The molecular formula is C14H19BrClN. The molecule has 1 aromatic carbocycles. The van der Waals surface area contributed by atoms with Crippen LogP contribution in [-0.2, 0) is 0 Å². The second-order valence-corrected chi connectivity index (χ2v) is 6.22. The normalized spacial score (nSPS) is 24.6. The van der Waals surface area contributed by atoms with Crippen LogP contribution in [0.15, 0.2) is 22.7 Å². The zero-order valence-electron chi connectivity index (χ0n) is 10.2. The molecule has 0 saturated heterocycles. The van der Waals surface area contributed by atoms with Crippen LogP contribution >= 0.6 is 27.5 Å². The van der Waals surface area contributed by atoms with E-state index in [1.54, 1.807) is 0 Å². The molecule has 0 radical (unpaired) electrons. The molecule has 0 spiro atoms. The van der Waals surface area contributed by atoms with Crippen molar-refractivity contribution in [3.05, 3.63) is 27.7 Å². The predicted octanol–water partition coefficient (Wildman–Crippen LogP) is 5.48. The Bertz CT molecular complexity index is 372. The van der Waals surface area contributed by atoms with E-state index in [1.807, 2.05) is 12.1 Å². The number of rotatable bonds is 3. The summed E-state index contributed by atoms with van der Waals surface area (Å²) in [7, 11) is 0. The van der Waals surface area contributed by atoms with Gasteiger partial charge in [0.1, 0.15) is 0 Å². The van der Waals surface area contributed by atoms with Crippen molar-refractivity contribution in [1.29, 1.82) is 0 Å². The van der Waals surface area contributed by atoms with Gasteiger partial charge in [0.25, 0.3) is 0 Å². The van der Waals surface area contributed by atoms with Crippen molar-refractivity contribution in [3.8, 4) is 0 Å². The van der Waals surface area contributed by atoms with E-state index >= 15 is 0 Å². The minimum absolute atomic E-state index is 0.594. The Labute approximate surface area is 117 Å². The Balaban J connectivity index is 1.93. The zero-order valence-corrected chi connectivity index (χ0v) is 12.5. The molecule has 17 heavy (non-hydrogen) atoms. The van der Waals surface area contributed by atoms with Gasteiger partial charge >= 0.3 is 0 Å². The molecule has 0 bridgehead atoms. The lowest BCUT2D eigenvalue weighted by Gasteiger charge is -2.29. The highest BCUT2D eigenvalue weighted by molar-refractivity contribution is 9.10. The summed E-state index contributed by atoms with van der Waals surface area (Å²) in [5, 5.41) is 4.37. The molecule has 3 heteroatoms. The molecule has 1 aliphatic carbocycles. The molecule has 94 valence electrons. The fourth-order valence-corrected chi connectivity index (χ4v) is 3.27. The van der Waals surface area contributed by atoms with Crippen LogP contribution in [0.2, 0.25) is 5.02 Å². The van der Waals surface area contributed by atoms with Gasteiger partial charge in [-0.3, -0.25) is 0 Å². The fourth-order valence-electron chi connectivity index (χ4n) is 2.54. The number of halogens is 2. The van der Waals surface area contributed by atoms with Gasteiger partial charge in [0.05, 0.1) is 10.7 Å². The predicted molar refractivity (Wildman–Crippen MR) is 78.8 cm³/mol. The first-order valence-electron chi connectivity index (χ1n) is 6.40. The second-order valence-electron chi connectivity index (χ2n) is 4.89. The molecule has 0 atom stereocenters. The minimum atomic E-state index is 0.594. The number of nitrogens with one attached hydrogen (secondary N) is 1. The minimum Gasteiger partial charge on any atom is -0.381 e. The maximum Gasteiger partial charge on any atom is 0.0648 e. The molecule has 1 aromatic rings. The van der Waals surface area contributed by atoms with Gasteiger partial charge in [-0.2, -0.15) is 0 Å². The van der Waals surface area contributed by atoms with Gasteiger partial charge in [-0.05, 0) is 49.8 Å². The highest BCUT2D eigenvalue weighted by Crippen LogP contribution is 2.31. The van der Waals surface area contributed by atoms with Crippen molar-refractivity contribution in [3.63, 3.8) is 0 Å². The van der Waals surface area contributed by atoms with E-state index in [0.29, 0.717) is 6.04 Å². The van der Waals surface area contributed by atoms with Crippen LogP contribution in [0, 0.1) is 5.92 Å². The van der Waals surface area contributed by atoms with Crippen LogP contribution in [0.4, 0.5) is 5.69 Å². The van der Waals surface area contributed by atoms with Crippen molar-refractivity contribution in [2.45, 2.75) is 45.1 Å². The third-order valence-corrected chi connectivity index (χ3v) is 4.52.